The molecule has 33 heavy (non-hydrogen) atoms. The van der Waals surface area contributed by atoms with Gasteiger partial charge in [0.25, 0.3) is 0 Å². The summed E-state index contributed by atoms with van der Waals surface area (Å²) in [5.74, 6) is -3.80. The molecule has 11 heteroatoms. The zero-order chi connectivity index (χ0) is 25.2. The molecule has 0 aliphatic carbocycles. The summed E-state index contributed by atoms with van der Waals surface area (Å²) in [4.78, 5) is 47.6. The predicted molar refractivity (Wildman–Crippen MR) is 117 cm³/mol. The second-order valence-corrected chi connectivity index (χ2v) is 9.05. The van der Waals surface area contributed by atoms with Crippen LogP contribution < -0.4 is 10.6 Å². The fourth-order valence-electron chi connectivity index (χ4n) is 2.92. The van der Waals surface area contributed by atoms with Crippen molar-refractivity contribution in [1.82, 2.24) is 10.6 Å². The number of amides is 2. The summed E-state index contributed by atoms with van der Waals surface area (Å²) in [7, 11) is 0. The summed E-state index contributed by atoms with van der Waals surface area (Å²) in [6, 6.07) is -1.08. The molecule has 1 saturated heterocycles. The SMILES string of the molecule is C[C@H](NC(=O)[C@H](C=O)[C@H](O)[C@@H](O)[C@H](O)/C=C/C(C)(C)C)C(=O)NCCOC(=O)C1CCCO1. The highest BCUT2D eigenvalue weighted by molar-refractivity contribution is 5.95. The summed E-state index contributed by atoms with van der Waals surface area (Å²) in [6.45, 7) is 7.38. The first-order valence-electron chi connectivity index (χ1n) is 10.9. The van der Waals surface area contributed by atoms with Crippen molar-refractivity contribution >= 4 is 24.1 Å². The van der Waals surface area contributed by atoms with Gasteiger partial charge in [-0.25, -0.2) is 4.79 Å². The normalized spacial score (nSPS) is 21.0. The Kier molecular flexibility index (Phi) is 11.6. The maximum atomic E-state index is 12.4. The average molecular weight is 473 g/mol. The van der Waals surface area contributed by atoms with Crippen LogP contribution in [0.1, 0.15) is 40.5 Å². The van der Waals surface area contributed by atoms with Gasteiger partial charge in [-0.15, -0.1) is 0 Å². The van der Waals surface area contributed by atoms with Gasteiger partial charge in [-0.3, -0.25) is 9.59 Å². The highest BCUT2D eigenvalue weighted by atomic mass is 16.6. The number of aldehydes is 1. The molecule has 188 valence electrons. The Hall–Kier alpha value is -2.34. The second kappa shape index (κ2) is 13.4. The number of hydrogen-bond acceptors (Lipinski definition) is 9. The first-order chi connectivity index (χ1) is 15.4. The number of carbonyl (C=O) groups is 4. The van der Waals surface area contributed by atoms with Gasteiger partial charge in [-0.1, -0.05) is 32.9 Å². The van der Waals surface area contributed by atoms with Crippen molar-refractivity contribution in [2.45, 2.75) is 71.0 Å². The van der Waals surface area contributed by atoms with Crippen LogP contribution in [0.3, 0.4) is 0 Å². The van der Waals surface area contributed by atoms with Gasteiger partial charge in [0.05, 0.1) is 6.54 Å². The summed E-state index contributed by atoms with van der Waals surface area (Å²) in [5, 5.41) is 35.1. The van der Waals surface area contributed by atoms with Crippen molar-refractivity contribution in [1.29, 1.82) is 0 Å². The largest absolute Gasteiger partial charge is 0.462 e. The van der Waals surface area contributed by atoms with Crippen molar-refractivity contribution in [3.05, 3.63) is 12.2 Å². The number of rotatable bonds is 12. The third kappa shape index (κ3) is 9.99. The molecular formula is C22H36N2O9. The zero-order valence-electron chi connectivity index (χ0n) is 19.5. The molecule has 5 N–H and O–H groups in total. The standard InChI is InChI=1S/C22H36N2O9/c1-13(19(29)23-9-11-33-21(31)16-6-5-10-32-16)24-20(30)14(12-25)17(27)18(28)15(26)7-8-22(2,3)4/h7-8,12-18,26-28H,5-6,9-11H2,1-4H3,(H,23,29)(H,24,30)/b8-7+/t13-,14+,15+,16?,17-,18-/m0/s1. The number of hydrogen-bond donors (Lipinski definition) is 5. The Bertz CT molecular complexity index is 698. The molecule has 0 aromatic rings. The number of aliphatic hydroxyl groups is 3. The molecular weight excluding hydrogens is 436 g/mol. The van der Waals surface area contributed by atoms with Crippen LogP contribution >= 0.6 is 0 Å². The van der Waals surface area contributed by atoms with Gasteiger partial charge < -0.3 is 40.2 Å². The van der Waals surface area contributed by atoms with Crippen molar-refractivity contribution < 1.29 is 44.0 Å². The Morgan fingerprint density at radius 2 is 1.82 bits per heavy atom. The molecule has 2 amide bonds. The topological polar surface area (TPSA) is 171 Å². The quantitative estimate of drug-likeness (QED) is 0.0771. The summed E-state index contributed by atoms with van der Waals surface area (Å²) >= 11 is 0. The molecule has 1 aliphatic heterocycles. The van der Waals surface area contributed by atoms with Gasteiger partial charge in [0.15, 0.2) is 6.10 Å². The van der Waals surface area contributed by atoms with Crippen LogP contribution in [0.5, 0.6) is 0 Å². The summed E-state index contributed by atoms with van der Waals surface area (Å²) in [5.41, 5.74) is -0.293. The van der Waals surface area contributed by atoms with E-state index in [1.54, 1.807) is 6.08 Å². The Morgan fingerprint density at radius 3 is 2.36 bits per heavy atom. The minimum atomic E-state index is -1.89. The van der Waals surface area contributed by atoms with Gasteiger partial charge in [0.1, 0.15) is 43.2 Å². The van der Waals surface area contributed by atoms with E-state index < -0.39 is 54.2 Å². The van der Waals surface area contributed by atoms with Crippen molar-refractivity contribution in [2.24, 2.45) is 11.3 Å². The van der Waals surface area contributed by atoms with E-state index in [-0.39, 0.29) is 24.9 Å². The van der Waals surface area contributed by atoms with Crippen LogP contribution in [0, 0.1) is 11.3 Å². The first-order valence-corrected chi connectivity index (χ1v) is 10.9. The number of allylic oxidation sites excluding steroid dienone is 1. The number of nitrogens with one attached hydrogen (secondary N) is 2. The maximum Gasteiger partial charge on any atom is 0.335 e. The molecule has 0 aromatic carbocycles. The maximum absolute atomic E-state index is 12.4. The smallest absolute Gasteiger partial charge is 0.335 e. The molecule has 1 heterocycles. The lowest BCUT2D eigenvalue weighted by Gasteiger charge is -2.26. The van der Waals surface area contributed by atoms with Gasteiger partial charge in [0.2, 0.25) is 11.8 Å². The lowest BCUT2D eigenvalue weighted by molar-refractivity contribution is -0.154. The van der Waals surface area contributed by atoms with Crippen LogP contribution in [0.4, 0.5) is 0 Å². The molecule has 1 fully saturated rings. The number of ether oxygens (including phenoxy) is 2. The van der Waals surface area contributed by atoms with Gasteiger partial charge >= 0.3 is 5.97 Å². The first kappa shape index (κ1) is 28.7. The van der Waals surface area contributed by atoms with Crippen LogP contribution in [0.15, 0.2) is 12.2 Å². The molecule has 1 rings (SSSR count). The Morgan fingerprint density at radius 1 is 1.15 bits per heavy atom. The highest BCUT2D eigenvalue weighted by Crippen LogP contribution is 2.17. The third-order valence-corrected chi connectivity index (χ3v) is 4.90. The molecule has 0 bridgehead atoms. The van der Waals surface area contributed by atoms with E-state index in [0.29, 0.717) is 13.0 Å². The average Bonchev–Trinajstić information content (AvgIpc) is 3.29. The number of carbonyl (C=O) groups excluding carboxylic acids is 4. The van der Waals surface area contributed by atoms with Crippen molar-refractivity contribution in [3.63, 3.8) is 0 Å². The summed E-state index contributed by atoms with van der Waals surface area (Å²) in [6.07, 6.45) is -1.37. The van der Waals surface area contributed by atoms with Crippen LogP contribution in [-0.2, 0) is 28.7 Å². The summed E-state index contributed by atoms with van der Waals surface area (Å²) < 4.78 is 10.2. The molecule has 0 radical (unpaired) electrons. The van der Waals surface area contributed by atoms with E-state index in [4.69, 9.17) is 9.47 Å². The van der Waals surface area contributed by atoms with Crippen LogP contribution in [-0.4, -0.2) is 89.6 Å². The van der Waals surface area contributed by atoms with Crippen LogP contribution in [0.2, 0.25) is 0 Å². The Balaban J connectivity index is 2.49. The van der Waals surface area contributed by atoms with E-state index in [2.05, 4.69) is 10.6 Å². The van der Waals surface area contributed by atoms with E-state index in [1.165, 1.54) is 13.0 Å². The highest BCUT2D eigenvalue weighted by Gasteiger charge is 2.36. The third-order valence-electron chi connectivity index (χ3n) is 4.90. The Labute approximate surface area is 193 Å². The van der Waals surface area contributed by atoms with Crippen molar-refractivity contribution in [2.75, 3.05) is 19.8 Å². The van der Waals surface area contributed by atoms with Gasteiger partial charge in [-0.2, -0.15) is 0 Å². The fourth-order valence-corrected chi connectivity index (χ4v) is 2.92. The monoisotopic (exact) mass is 472 g/mol. The number of aliphatic hydroxyl groups excluding tert-OH is 3. The molecule has 11 nitrogen and oxygen atoms in total. The molecule has 0 aromatic heterocycles. The van der Waals surface area contributed by atoms with E-state index in [9.17, 15) is 34.5 Å². The van der Waals surface area contributed by atoms with Gasteiger partial charge in [-0.05, 0) is 25.2 Å². The lowest BCUT2D eigenvalue weighted by Crippen LogP contribution is -2.52. The molecule has 0 spiro atoms. The van der Waals surface area contributed by atoms with E-state index in [1.807, 2.05) is 20.8 Å². The lowest BCUT2D eigenvalue weighted by atomic mass is 9.91. The number of esters is 1. The minimum Gasteiger partial charge on any atom is -0.462 e. The molecule has 6 atom stereocenters. The molecule has 1 aliphatic rings. The second-order valence-electron chi connectivity index (χ2n) is 9.05. The van der Waals surface area contributed by atoms with Crippen molar-refractivity contribution in [3.8, 4) is 0 Å². The van der Waals surface area contributed by atoms with Crippen LogP contribution in [0.25, 0.3) is 0 Å². The molecule has 1 unspecified atom stereocenters. The molecule has 0 saturated carbocycles. The van der Waals surface area contributed by atoms with E-state index in [0.717, 1.165) is 6.42 Å². The fraction of sp³-hybridized carbons (Fsp3) is 0.727. The minimum absolute atomic E-state index is 0.00224. The van der Waals surface area contributed by atoms with E-state index >= 15 is 0 Å². The zero-order valence-corrected chi connectivity index (χ0v) is 19.5. The van der Waals surface area contributed by atoms with Gasteiger partial charge in [0, 0.05) is 6.61 Å². The predicted octanol–water partition coefficient (Wildman–Crippen LogP) is -1.17.